The molecule has 0 fully saturated rings. The summed E-state index contributed by atoms with van der Waals surface area (Å²) in [6.07, 6.45) is -1.35. The predicted molar refractivity (Wildman–Crippen MR) is 91.0 cm³/mol. The molecule has 0 radical (unpaired) electrons. The molecule has 0 amide bonds. The molecule has 4 heterocycles. The molecule has 10 heteroatoms. The number of alkyl halides is 3. The van der Waals surface area contributed by atoms with Crippen molar-refractivity contribution >= 4 is 5.65 Å². The van der Waals surface area contributed by atoms with Crippen molar-refractivity contribution in [3.63, 3.8) is 0 Å². The third-order valence-corrected chi connectivity index (χ3v) is 3.99. The van der Waals surface area contributed by atoms with E-state index in [1.54, 1.807) is 12.1 Å². The van der Waals surface area contributed by atoms with Gasteiger partial charge in [-0.25, -0.2) is 18.9 Å². The largest absolute Gasteiger partial charge is 0.481 e. The number of fused-ring (bicyclic) bond motifs is 1. The third-order valence-electron chi connectivity index (χ3n) is 3.99. The zero-order valence-electron chi connectivity index (χ0n) is 14.3. The SMILES string of the molecule is COc1ccc(-c2c(-c3ccc(F)cn3)nc3cc(C(F)(F)F)cnn23)cn1. The Morgan fingerprint density at radius 3 is 2.43 bits per heavy atom. The first-order valence-electron chi connectivity index (χ1n) is 7.95. The second-order valence-corrected chi connectivity index (χ2v) is 5.77. The number of rotatable bonds is 3. The van der Waals surface area contributed by atoms with Gasteiger partial charge in [0, 0.05) is 17.8 Å². The number of nitrogens with zero attached hydrogens (tertiary/aromatic N) is 5. The van der Waals surface area contributed by atoms with Crippen LogP contribution < -0.4 is 4.74 Å². The van der Waals surface area contributed by atoms with Crippen molar-refractivity contribution in [2.45, 2.75) is 6.18 Å². The Morgan fingerprint density at radius 2 is 1.82 bits per heavy atom. The van der Waals surface area contributed by atoms with E-state index in [-0.39, 0.29) is 17.0 Å². The summed E-state index contributed by atoms with van der Waals surface area (Å²) in [6, 6.07) is 6.74. The number of methoxy groups -OCH3 is 1. The molecule has 142 valence electrons. The summed E-state index contributed by atoms with van der Waals surface area (Å²) in [4.78, 5) is 12.4. The minimum absolute atomic E-state index is 0.0261. The number of hydrogen-bond donors (Lipinski definition) is 0. The molecule has 0 saturated carbocycles. The number of ether oxygens (including phenoxy) is 1. The van der Waals surface area contributed by atoms with Crippen LogP contribution in [0, 0.1) is 5.82 Å². The molecule has 4 aromatic heterocycles. The van der Waals surface area contributed by atoms with Crippen LogP contribution in [0.3, 0.4) is 0 Å². The van der Waals surface area contributed by atoms with Gasteiger partial charge >= 0.3 is 6.18 Å². The van der Waals surface area contributed by atoms with Crippen LogP contribution in [0.25, 0.3) is 28.3 Å². The molecule has 0 aliphatic rings. The first kappa shape index (κ1) is 17.8. The van der Waals surface area contributed by atoms with Gasteiger partial charge in [0.1, 0.15) is 17.2 Å². The Morgan fingerprint density at radius 1 is 1.00 bits per heavy atom. The van der Waals surface area contributed by atoms with Gasteiger partial charge in [0.05, 0.1) is 30.8 Å². The van der Waals surface area contributed by atoms with Crippen LogP contribution in [-0.4, -0.2) is 31.7 Å². The Hall–Kier alpha value is -3.56. The Kier molecular flexibility index (Phi) is 4.17. The molecule has 0 atom stereocenters. The highest BCUT2D eigenvalue weighted by Crippen LogP contribution is 2.34. The summed E-state index contributed by atoms with van der Waals surface area (Å²) in [5, 5.41) is 3.90. The summed E-state index contributed by atoms with van der Waals surface area (Å²) in [5.41, 5.74) is 0.481. The lowest BCUT2D eigenvalue weighted by molar-refractivity contribution is -0.137. The summed E-state index contributed by atoms with van der Waals surface area (Å²) in [6.45, 7) is 0. The molecule has 4 aromatic rings. The van der Waals surface area contributed by atoms with Crippen LogP contribution in [0.5, 0.6) is 5.88 Å². The predicted octanol–water partition coefficient (Wildman–Crippen LogP) is 4.02. The van der Waals surface area contributed by atoms with Gasteiger partial charge in [-0.1, -0.05) is 0 Å². The monoisotopic (exact) mass is 389 g/mol. The van der Waals surface area contributed by atoms with Crippen molar-refractivity contribution in [2.75, 3.05) is 7.11 Å². The van der Waals surface area contributed by atoms with E-state index in [0.717, 1.165) is 18.5 Å². The van der Waals surface area contributed by atoms with Crippen LogP contribution in [0.15, 0.2) is 48.9 Å². The first-order valence-corrected chi connectivity index (χ1v) is 7.95. The van der Waals surface area contributed by atoms with Gasteiger partial charge < -0.3 is 4.74 Å². The average molecular weight is 389 g/mol. The van der Waals surface area contributed by atoms with Gasteiger partial charge in [-0.15, -0.1) is 0 Å². The van der Waals surface area contributed by atoms with Crippen molar-refractivity contribution in [1.82, 2.24) is 24.6 Å². The molecule has 28 heavy (non-hydrogen) atoms. The fourth-order valence-electron chi connectivity index (χ4n) is 2.69. The van der Waals surface area contributed by atoms with Crippen molar-refractivity contribution in [3.05, 3.63) is 60.3 Å². The lowest BCUT2D eigenvalue weighted by Crippen LogP contribution is -2.07. The number of aromatic nitrogens is 5. The highest BCUT2D eigenvalue weighted by molar-refractivity contribution is 5.79. The van der Waals surface area contributed by atoms with E-state index in [0.29, 0.717) is 17.1 Å². The Labute approximate surface area is 155 Å². The lowest BCUT2D eigenvalue weighted by atomic mass is 10.1. The highest BCUT2D eigenvalue weighted by atomic mass is 19.4. The van der Waals surface area contributed by atoms with Crippen molar-refractivity contribution < 1.29 is 22.3 Å². The lowest BCUT2D eigenvalue weighted by Gasteiger charge is -2.07. The zero-order valence-corrected chi connectivity index (χ0v) is 14.3. The number of hydrogen-bond acceptors (Lipinski definition) is 5. The van der Waals surface area contributed by atoms with Crippen LogP contribution >= 0.6 is 0 Å². The third kappa shape index (κ3) is 3.13. The molecule has 0 bridgehead atoms. The van der Waals surface area contributed by atoms with Crippen molar-refractivity contribution in [1.29, 1.82) is 0 Å². The minimum atomic E-state index is -4.56. The van der Waals surface area contributed by atoms with Crippen LogP contribution in [0.1, 0.15) is 5.56 Å². The smallest absolute Gasteiger partial charge is 0.418 e. The van der Waals surface area contributed by atoms with Gasteiger partial charge in [0.15, 0.2) is 5.65 Å². The van der Waals surface area contributed by atoms with Crippen LogP contribution in [-0.2, 0) is 6.18 Å². The molecule has 6 nitrogen and oxygen atoms in total. The molecule has 4 rings (SSSR count). The summed E-state index contributed by atoms with van der Waals surface area (Å²) < 4.78 is 58.7. The Bertz CT molecular complexity index is 1140. The van der Waals surface area contributed by atoms with Crippen LogP contribution in [0.4, 0.5) is 17.6 Å². The van der Waals surface area contributed by atoms with E-state index in [4.69, 9.17) is 4.74 Å². The summed E-state index contributed by atoms with van der Waals surface area (Å²) in [7, 11) is 1.46. The number of pyridine rings is 2. The maximum Gasteiger partial charge on any atom is 0.418 e. The summed E-state index contributed by atoms with van der Waals surface area (Å²) >= 11 is 0. The normalized spacial score (nSPS) is 11.8. The fraction of sp³-hybridized carbons (Fsp3) is 0.111. The molecule has 0 N–H and O–H groups in total. The van der Waals surface area contributed by atoms with E-state index >= 15 is 0 Å². The average Bonchev–Trinajstić information content (AvgIpc) is 3.06. The highest BCUT2D eigenvalue weighted by Gasteiger charge is 2.32. The maximum absolute atomic E-state index is 13.2. The number of halogens is 4. The quantitative estimate of drug-likeness (QED) is 0.495. The topological polar surface area (TPSA) is 65.2 Å². The first-order chi connectivity index (χ1) is 13.4. The minimum Gasteiger partial charge on any atom is -0.481 e. The maximum atomic E-state index is 13.2. The molecule has 0 aliphatic heterocycles. The standard InChI is InChI=1S/C18H11F4N5O/c1-28-15-5-2-10(7-24-15)17-16(13-4-3-12(19)9-23-13)26-14-6-11(18(20,21)22)8-25-27(14)17/h2-9H,1H3. The second-order valence-electron chi connectivity index (χ2n) is 5.77. The fourth-order valence-corrected chi connectivity index (χ4v) is 2.69. The van der Waals surface area contributed by atoms with Crippen molar-refractivity contribution in [2.24, 2.45) is 0 Å². The van der Waals surface area contributed by atoms with Crippen LogP contribution in [0.2, 0.25) is 0 Å². The molecule has 0 aliphatic carbocycles. The van der Waals surface area contributed by atoms with Gasteiger partial charge in [-0.05, 0) is 24.3 Å². The van der Waals surface area contributed by atoms with E-state index in [2.05, 4.69) is 20.1 Å². The van der Waals surface area contributed by atoms with E-state index in [1.807, 2.05) is 0 Å². The molecule has 0 unspecified atom stereocenters. The molecule has 0 spiro atoms. The molecule has 0 saturated heterocycles. The van der Waals surface area contributed by atoms with Crippen molar-refractivity contribution in [3.8, 4) is 28.5 Å². The second kappa shape index (κ2) is 6.55. The molecular weight excluding hydrogens is 378 g/mol. The van der Waals surface area contributed by atoms with E-state index in [1.165, 1.54) is 30.0 Å². The molecule has 0 aromatic carbocycles. The van der Waals surface area contributed by atoms with Gasteiger partial charge in [0.25, 0.3) is 0 Å². The van der Waals surface area contributed by atoms with Gasteiger partial charge in [-0.3, -0.25) is 4.98 Å². The number of imidazole rings is 1. The van der Waals surface area contributed by atoms with E-state index < -0.39 is 17.6 Å². The zero-order chi connectivity index (χ0) is 19.9. The summed E-state index contributed by atoms with van der Waals surface area (Å²) in [5.74, 6) is -0.177. The van der Waals surface area contributed by atoms with Gasteiger partial charge in [-0.2, -0.15) is 18.3 Å². The van der Waals surface area contributed by atoms with Gasteiger partial charge in [0.2, 0.25) is 5.88 Å². The Balaban J connectivity index is 1.98. The van der Waals surface area contributed by atoms with E-state index in [9.17, 15) is 17.6 Å². The molecular formula is C18H11F4N5O.